The van der Waals surface area contributed by atoms with E-state index in [0.29, 0.717) is 42.7 Å². The van der Waals surface area contributed by atoms with Gasteiger partial charge in [-0.1, -0.05) is 0 Å². The minimum absolute atomic E-state index is 0.128. The molecule has 1 fully saturated rings. The van der Waals surface area contributed by atoms with Crippen LogP contribution in [0.15, 0.2) is 36.7 Å². The van der Waals surface area contributed by atoms with E-state index in [4.69, 9.17) is 15.2 Å². The molecule has 1 amide bonds. The number of carbonyl (C=O) groups excluding carboxylic acids is 1. The molecule has 3 N–H and O–H groups in total. The first-order chi connectivity index (χ1) is 13.7. The fourth-order valence-electron chi connectivity index (χ4n) is 3.30. The van der Waals surface area contributed by atoms with Gasteiger partial charge in [0.1, 0.15) is 6.61 Å². The number of methoxy groups -OCH3 is 1. The van der Waals surface area contributed by atoms with Crippen LogP contribution in [0.2, 0.25) is 0 Å². The molecule has 1 aromatic carbocycles. The first-order valence-electron chi connectivity index (χ1n) is 9.52. The summed E-state index contributed by atoms with van der Waals surface area (Å²) in [6.07, 6.45) is 5.63. The molecule has 2 aromatic rings. The van der Waals surface area contributed by atoms with Gasteiger partial charge < -0.3 is 25.4 Å². The standard InChI is InChI=1S/C20H27N5O3/c1-27-18-12-16(5-6-17(18)28-11-7-21)19(26)24-13-15-4-2-10-25(14-15)20-22-8-3-9-23-20/h3,5-6,8-9,12,15H,2,4,7,10-11,13-14,21H2,1H3,(H,24,26). The van der Waals surface area contributed by atoms with E-state index in [-0.39, 0.29) is 5.91 Å². The smallest absolute Gasteiger partial charge is 0.251 e. The first-order valence-corrected chi connectivity index (χ1v) is 9.52. The van der Waals surface area contributed by atoms with Crippen molar-refractivity contribution in [3.8, 4) is 11.5 Å². The minimum Gasteiger partial charge on any atom is -0.493 e. The normalized spacial score (nSPS) is 16.5. The highest BCUT2D eigenvalue weighted by Crippen LogP contribution is 2.28. The number of carbonyl (C=O) groups is 1. The summed E-state index contributed by atoms with van der Waals surface area (Å²) in [5.41, 5.74) is 6.00. The molecule has 3 rings (SSSR count). The van der Waals surface area contributed by atoms with Crippen LogP contribution in [0.1, 0.15) is 23.2 Å². The predicted octanol–water partition coefficient (Wildman–Crippen LogP) is 1.47. The number of nitrogens with two attached hydrogens (primary N) is 1. The number of nitrogens with zero attached hydrogens (tertiary/aromatic N) is 3. The van der Waals surface area contributed by atoms with E-state index in [1.165, 1.54) is 0 Å². The summed E-state index contributed by atoms with van der Waals surface area (Å²) in [7, 11) is 1.55. The summed E-state index contributed by atoms with van der Waals surface area (Å²) in [5.74, 6) is 2.07. The number of hydrogen-bond donors (Lipinski definition) is 2. The maximum absolute atomic E-state index is 12.6. The molecule has 1 atom stereocenters. The maximum atomic E-state index is 12.6. The minimum atomic E-state index is -0.128. The van der Waals surface area contributed by atoms with E-state index in [1.54, 1.807) is 37.7 Å². The lowest BCUT2D eigenvalue weighted by molar-refractivity contribution is 0.0945. The third-order valence-corrected chi connectivity index (χ3v) is 4.71. The number of amides is 1. The summed E-state index contributed by atoms with van der Waals surface area (Å²) in [6, 6.07) is 6.96. The molecule has 0 saturated carbocycles. The van der Waals surface area contributed by atoms with Crippen molar-refractivity contribution in [2.24, 2.45) is 11.7 Å². The van der Waals surface area contributed by atoms with Crippen molar-refractivity contribution in [1.82, 2.24) is 15.3 Å². The molecule has 0 radical (unpaired) electrons. The van der Waals surface area contributed by atoms with E-state index in [9.17, 15) is 4.79 Å². The van der Waals surface area contributed by atoms with E-state index in [2.05, 4.69) is 20.2 Å². The quantitative estimate of drug-likeness (QED) is 0.709. The summed E-state index contributed by atoms with van der Waals surface area (Å²) >= 11 is 0. The van der Waals surface area contributed by atoms with Crippen LogP contribution in [0.4, 0.5) is 5.95 Å². The maximum Gasteiger partial charge on any atom is 0.251 e. The highest BCUT2D eigenvalue weighted by molar-refractivity contribution is 5.94. The van der Waals surface area contributed by atoms with E-state index in [0.717, 1.165) is 31.9 Å². The van der Waals surface area contributed by atoms with Crippen molar-refractivity contribution < 1.29 is 14.3 Å². The van der Waals surface area contributed by atoms with Crippen LogP contribution in [0.25, 0.3) is 0 Å². The second kappa shape index (κ2) is 9.89. The molecule has 28 heavy (non-hydrogen) atoms. The van der Waals surface area contributed by atoms with Crippen molar-refractivity contribution in [3.05, 3.63) is 42.2 Å². The van der Waals surface area contributed by atoms with Gasteiger partial charge in [0, 0.05) is 44.1 Å². The van der Waals surface area contributed by atoms with Crippen LogP contribution in [0.5, 0.6) is 11.5 Å². The molecule has 2 heterocycles. The molecule has 0 aliphatic carbocycles. The number of anilines is 1. The van der Waals surface area contributed by atoms with Gasteiger partial charge in [0.05, 0.1) is 7.11 Å². The van der Waals surface area contributed by atoms with Crippen molar-refractivity contribution in [1.29, 1.82) is 0 Å². The Labute approximate surface area is 165 Å². The number of nitrogens with one attached hydrogen (secondary N) is 1. The zero-order valence-corrected chi connectivity index (χ0v) is 16.1. The van der Waals surface area contributed by atoms with Gasteiger partial charge in [0.15, 0.2) is 11.5 Å². The predicted molar refractivity (Wildman–Crippen MR) is 107 cm³/mol. The van der Waals surface area contributed by atoms with Gasteiger partial charge in [-0.2, -0.15) is 0 Å². The van der Waals surface area contributed by atoms with Crippen molar-refractivity contribution in [2.45, 2.75) is 12.8 Å². The van der Waals surface area contributed by atoms with Crippen LogP contribution in [-0.2, 0) is 0 Å². The summed E-state index contributed by atoms with van der Waals surface area (Å²) in [5, 5.41) is 3.03. The van der Waals surface area contributed by atoms with Crippen molar-refractivity contribution in [2.75, 3.05) is 44.8 Å². The van der Waals surface area contributed by atoms with Crippen LogP contribution < -0.4 is 25.4 Å². The van der Waals surface area contributed by atoms with Crippen LogP contribution in [0.3, 0.4) is 0 Å². The average Bonchev–Trinajstić information content (AvgIpc) is 2.76. The second-order valence-corrected chi connectivity index (χ2v) is 6.72. The fraction of sp³-hybridized carbons (Fsp3) is 0.450. The third kappa shape index (κ3) is 5.10. The molecule has 0 spiro atoms. The number of aromatic nitrogens is 2. The summed E-state index contributed by atoms with van der Waals surface area (Å²) in [6.45, 7) is 3.19. The van der Waals surface area contributed by atoms with Gasteiger partial charge in [-0.3, -0.25) is 4.79 Å². The Bertz CT molecular complexity index is 772. The second-order valence-electron chi connectivity index (χ2n) is 6.72. The molecular formula is C20H27N5O3. The van der Waals surface area contributed by atoms with Gasteiger partial charge in [0.2, 0.25) is 5.95 Å². The molecule has 1 aliphatic rings. The number of ether oxygens (including phenoxy) is 2. The SMILES string of the molecule is COc1cc(C(=O)NCC2CCCN(c3ncccn3)C2)ccc1OCCN. The highest BCUT2D eigenvalue weighted by atomic mass is 16.5. The molecule has 1 unspecified atom stereocenters. The molecule has 1 saturated heterocycles. The molecule has 0 bridgehead atoms. The zero-order chi connectivity index (χ0) is 19.8. The number of rotatable bonds is 8. The topological polar surface area (TPSA) is 103 Å². The van der Waals surface area contributed by atoms with Gasteiger partial charge in [-0.15, -0.1) is 0 Å². The molecule has 150 valence electrons. The number of benzene rings is 1. The molecule has 8 nitrogen and oxygen atoms in total. The third-order valence-electron chi connectivity index (χ3n) is 4.71. The Morgan fingerprint density at radius 3 is 2.89 bits per heavy atom. The largest absolute Gasteiger partial charge is 0.493 e. The van der Waals surface area contributed by atoms with Crippen LogP contribution >= 0.6 is 0 Å². The zero-order valence-electron chi connectivity index (χ0n) is 16.1. The van der Waals surface area contributed by atoms with E-state index < -0.39 is 0 Å². The first kappa shape index (κ1) is 19.9. The lowest BCUT2D eigenvalue weighted by Crippen LogP contribution is -2.41. The van der Waals surface area contributed by atoms with Gasteiger partial charge in [-0.05, 0) is 43.0 Å². The summed E-state index contributed by atoms with van der Waals surface area (Å²) in [4.78, 5) is 23.4. The lowest BCUT2D eigenvalue weighted by atomic mass is 9.98. The molecule has 1 aliphatic heterocycles. The molecule has 1 aromatic heterocycles. The van der Waals surface area contributed by atoms with Gasteiger partial charge in [-0.25, -0.2) is 9.97 Å². The number of piperidine rings is 1. The van der Waals surface area contributed by atoms with Gasteiger partial charge >= 0.3 is 0 Å². The fourth-order valence-corrected chi connectivity index (χ4v) is 3.30. The van der Waals surface area contributed by atoms with Crippen LogP contribution in [-0.4, -0.2) is 55.8 Å². The molecular weight excluding hydrogens is 358 g/mol. The Morgan fingerprint density at radius 1 is 1.32 bits per heavy atom. The Morgan fingerprint density at radius 2 is 2.14 bits per heavy atom. The van der Waals surface area contributed by atoms with Crippen LogP contribution in [0, 0.1) is 5.92 Å². The van der Waals surface area contributed by atoms with E-state index in [1.807, 2.05) is 6.07 Å². The Balaban J connectivity index is 1.56. The Kier molecular flexibility index (Phi) is 7.02. The highest BCUT2D eigenvalue weighted by Gasteiger charge is 2.22. The van der Waals surface area contributed by atoms with Crippen molar-refractivity contribution in [3.63, 3.8) is 0 Å². The molecule has 8 heteroatoms. The average molecular weight is 385 g/mol. The lowest BCUT2D eigenvalue weighted by Gasteiger charge is -2.32. The van der Waals surface area contributed by atoms with Crippen molar-refractivity contribution >= 4 is 11.9 Å². The monoisotopic (exact) mass is 385 g/mol. The number of hydrogen-bond acceptors (Lipinski definition) is 7. The Hall–Kier alpha value is -2.87. The summed E-state index contributed by atoms with van der Waals surface area (Å²) < 4.78 is 10.8. The van der Waals surface area contributed by atoms with E-state index >= 15 is 0 Å². The van der Waals surface area contributed by atoms with Gasteiger partial charge in [0.25, 0.3) is 5.91 Å².